The van der Waals surface area contributed by atoms with E-state index in [0.29, 0.717) is 6.54 Å². The van der Waals surface area contributed by atoms with Crippen molar-refractivity contribution in [2.24, 2.45) is 5.92 Å². The molecule has 4 aromatic rings. The van der Waals surface area contributed by atoms with Crippen molar-refractivity contribution < 1.29 is 4.79 Å². The number of benzene rings is 3. The second-order valence-corrected chi connectivity index (χ2v) is 10.3. The third-order valence-corrected chi connectivity index (χ3v) is 7.71. The van der Waals surface area contributed by atoms with Crippen LogP contribution in [-0.4, -0.2) is 32.9 Å². The molecule has 3 aromatic carbocycles. The van der Waals surface area contributed by atoms with E-state index in [4.69, 9.17) is 0 Å². The molecule has 2 N–H and O–H groups in total. The Kier molecular flexibility index (Phi) is 7.85. The summed E-state index contributed by atoms with van der Waals surface area (Å²) in [4.78, 5) is 31.1. The van der Waals surface area contributed by atoms with Crippen LogP contribution in [-0.2, 0) is 17.9 Å². The van der Waals surface area contributed by atoms with Gasteiger partial charge < -0.3 is 10.3 Å². The fourth-order valence-electron chi connectivity index (χ4n) is 5.56. The van der Waals surface area contributed by atoms with Gasteiger partial charge in [-0.25, -0.2) is 4.79 Å². The Morgan fingerprint density at radius 1 is 0.892 bits per heavy atom. The van der Waals surface area contributed by atoms with Crippen molar-refractivity contribution in [2.75, 3.05) is 6.54 Å². The molecular formula is C31H36N4O2. The summed E-state index contributed by atoms with van der Waals surface area (Å²) in [5.74, 6) is 0.136. The number of nitrogens with one attached hydrogen (secondary N) is 2. The van der Waals surface area contributed by atoms with Crippen LogP contribution in [0.5, 0.6) is 0 Å². The molecule has 192 valence electrons. The molecule has 0 unspecified atom stereocenters. The Morgan fingerprint density at radius 2 is 1.46 bits per heavy atom. The van der Waals surface area contributed by atoms with E-state index in [9.17, 15) is 9.59 Å². The third-order valence-electron chi connectivity index (χ3n) is 7.71. The summed E-state index contributed by atoms with van der Waals surface area (Å²) < 4.78 is 1.89. The second-order valence-electron chi connectivity index (χ2n) is 10.3. The Bertz CT molecular complexity index is 1310. The molecule has 0 bridgehead atoms. The van der Waals surface area contributed by atoms with Gasteiger partial charge in [-0.15, -0.1) is 0 Å². The monoisotopic (exact) mass is 496 g/mol. The largest absolute Gasteiger partial charge is 0.354 e. The maximum absolute atomic E-state index is 13.1. The van der Waals surface area contributed by atoms with E-state index in [2.05, 4.69) is 70.7 Å². The van der Waals surface area contributed by atoms with Gasteiger partial charge in [0.05, 0.1) is 11.0 Å². The highest BCUT2D eigenvalue weighted by molar-refractivity contribution is 5.79. The van der Waals surface area contributed by atoms with E-state index >= 15 is 0 Å². The number of hydrogen-bond donors (Lipinski definition) is 2. The molecule has 6 heteroatoms. The van der Waals surface area contributed by atoms with Crippen molar-refractivity contribution in [3.05, 3.63) is 107 Å². The summed E-state index contributed by atoms with van der Waals surface area (Å²) >= 11 is 0. The van der Waals surface area contributed by atoms with Gasteiger partial charge >= 0.3 is 5.69 Å². The number of carbonyl (C=O) groups is 1. The Morgan fingerprint density at radius 3 is 2.08 bits per heavy atom. The molecule has 1 aliphatic carbocycles. The maximum atomic E-state index is 13.1. The molecule has 0 spiro atoms. The quantitative estimate of drug-likeness (QED) is 0.332. The average Bonchev–Trinajstić information content (AvgIpc) is 3.28. The first kappa shape index (κ1) is 25.0. The Balaban J connectivity index is 1.17. The standard InChI is InChI=1S/C31H36N4O2/c1-23(34(21-24-10-4-2-5-11-24)22-25-12-6-3-7-13-25)20-32-30(36)26-16-18-27(19-17-26)35-29-15-9-8-14-28(29)33-31(35)37/h2-15,23,26-27H,16-22H2,1H3,(H,32,36)(H,33,37)/t23-,26?,27?/m0/s1. The number of aromatic nitrogens is 2. The predicted octanol–water partition coefficient (Wildman–Crippen LogP) is 5.27. The van der Waals surface area contributed by atoms with Gasteiger partial charge in [0.25, 0.3) is 0 Å². The lowest BCUT2D eigenvalue weighted by atomic mass is 9.85. The molecule has 1 heterocycles. The topological polar surface area (TPSA) is 70.1 Å². The minimum atomic E-state index is -0.0557. The Labute approximate surface area is 218 Å². The van der Waals surface area contributed by atoms with Crippen molar-refractivity contribution in [2.45, 2.75) is 57.8 Å². The van der Waals surface area contributed by atoms with Gasteiger partial charge in [-0.2, -0.15) is 0 Å². The molecule has 1 aromatic heterocycles. The van der Waals surface area contributed by atoms with Crippen LogP contribution in [0.3, 0.4) is 0 Å². The fourth-order valence-corrected chi connectivity index (χ4v) is 5.56. The van der Waals surface area contributed by atoms with E-state index in [1.54, 1.807) is 0 Å². The number of carbonyl (C=O) groups excluding carboxylic acids is 1. The first-order valence-corrected chi connectivity index (χ1v) is 13.4. The first-order chi connectivity index (χ1) is 18.1. The number of H-pyrrole nitrogens is 1. The van der Waals surface area contributed by atoms with Crippen molar-refractivity contribution in [1.29, 1.82) is 0 Å². The normalized spacial score (nSPS) is 18.6. The zero-order chi connectivity index (χ0) is 25.6. The molecule has 1 fully saturated rings. The minimum absolute atomic E-state index is 0.000977. The second kappa shape index (κ2) is 11.6. The third kappa shape index (κ3) is 6.03. The number of fused-ring (bicyclic) bond motifs is 1. The molecule has 0 saturated heterocycles. The number of para-hydroxylation sites is 2. The van der Waals surface area contributed by atoms with Crippen LogP contribution in [0.1, 0.15) is 49.8 Å². The molecule has 5 rings (SSSR count). The zero-order valence-electron chi connectivity index (χ0n) is 21.5. The van der Waals surface area contributed by atoms with Gasteiger partial charge in [0.1, 0.15) is 0 Å². The van der Waals surface area contributed by atoms with Gasteiger partial charge in [-0.1, -0.05) is 72.8 Å². The summed E-state index contributed by atoms with van der Waals surface area (Å²) in [6.45, 7) is 4.46. The van der Waals surface area contributed by atoms with Crippen molar-refractivity contribution >= 4 is 16.9 Å². The summed E-state index contributed by atoms with van der Waals surface area (Å²) in [6.07, 6.45) is 3.27. The predicted molar refractivity (Wildman–Crippen MR) is 148 cm³/mol. The van der Waals surface area contributed by atoms with E-state index in [0.717, 1.165) is 49.8 Å². The molecule has 1 amide bonds. The molecule has 0 aliphatic heterocycles. The molecule has 1 saturated carbocycles. The molecule has 1 aliphatic rings. The van der Waals surface area contributed by atoms with Crippen molar-refractivity contribution in [3.8, 4) is 0 Å². The number of aromatic amines is 1. The first-order valence-electron chi connectivity index (χ1n) is 13.4. The lowest BCUT2D eigenvalue weighted by Crippen LogP contribution is -2.43. The lowest BCUT2D eigenvalue weighted by Gasteiger charge is -2.31. The maximum Gasteiger partial charge on any atom is 0.326 e. The number of nitrogens with zero attached hydrogens (tertiary/aromatic N) is 2. The summed E-state index contributed by atoms with van der Waals surface area (Å²) in [5, 5.41) is 3.24. The summed E-state index contributed by atoms with van der Waals surface area (Å²) in [6, 6.07) is 29.1. The van der Waals surface area contributed by atoms with Gasteiger partial charge in [0.2, 0.25) is 5.91 Å². The molecule has 0 radical (unpaired) electrons. The number of hydrogen-bond acceptors (Lipinski definition) is 3. The molecule has 6 nitrogen and oxygen atoms in total. The van der Waals surface area contributed by atoms with Crippen LogP contribution in [0.2, 0.25) is 0 Å². The van der Waals surface area contributed by atoms with Gasteiger partial charge in [-0.05, 0) is 55.9 Å². The van der Waals surface area contributed by atoms with Crippen LogP contribution in [0, 0.1) is 5.92 Å². The van der Waals surface area contributed by atoms with Gasteiger partial charge in [0, 0.05) is 37.6 Å². The minimum Gasteiger partial charge on any atom is -0.354 e. The van der Waals surface area contributed by atoms with Crippen LogP contribution in [0.25, 0.3) is 11.0 Å². The number of rotatable bonds is 9. The van der Waals surface area contributed by atoms with Crippen LogP contribution in [0.15, 0.2) is 89.7 Å². The fraction of sp³-hybridized carbons (Fsp3) is 0.355. The van der Waals surface area contributed by atoms with E-state index < -0.39 is 0 Å². The smallest absolute Gasteiger partial charge is 0.326 e. The van der Waals surface area contributed by atoms with Crippen LogP contribution in [0.4, 0.5) is 0 Å². The van der Waals surface area contributed by atoms with E-state index in [1.807, 2.05) is 41.0 Å². The van der Waals surface area contributed by atoms with E-state index in [-0.39, 0.29) is 29.6 Å². The number of amides is 1. The highest BCUT2D eigenvalue weighted by atomic mass is 16.2. The Hall–Kier alpha value is -3.64. The molecule has 1 atom stereocenters. The zero-order valence-corrected chi connectivity index (χ0v) is 21.5. The molecular weight excluding hydrogens is 460 g/mol. The van der Waals surface area contributed by atoms with E-state index in [1.165, 1.54) is 11.1 Å². The van der Waals surface area contributed by atoms with Crippen molar-refractivity contribution in [1.82, 2.24) is 19.8 Å². The summed E-state index contributed by atoms with van der Waals surface area (Å²) in [5.41, 5.74) is 4.30. The lowest BCUT2D eigenvalue weighted by molar-refractivity contribution is -0.126. The SMILES string of the molecule is C[C@@H](CNC(=O)C1CCC(n2c(=O)[nH]c3ccccc32)CC1)N(Cc1ccccc1)Cc1ccccc1. The highest BCUT2D eigenvalue weighted by Crippen LogP contribution is 2.33. The van der Waals surface area contributed by atoms with Crippen LogP contribution < -0.4 is 11.0 Å². The van der Waals surface area contributed by atoms with Gasteiger partial charge in [0.15, 0.2) is 0 Å². The highest BCUT2D eigenvalue weighted by Gasteiger charge is 2.29. The summed E-state index contributed by atoms with van der Waals surface area (Å²) in [7, 11) is 0. The average molecular weight is 497 g/mol. The van der Waals surface area contributed by atoms with Gasteiger partial charge in [-0.3, -0.25) is 14.3 Å². The molecule has 37 heavy (non-hydrogen) atoms. The van der Waals surface area contributed by atoms with Crippen LogP contribution >= 0.6 is 0 Å². The number of imidazole rings is 1. The van der Waals surface area contributed by atoms with Crippen molar-refractivity contribution in [3.63, 3.8) is 0 Å².